The predicted molar refractivity (Wildman–Crippen MR) is 45.4 cm³/mol. The standard InChI is InChI=1S/C8H18N2O/c1-8(2,6-9)7-5-10-3-4-11-7/h7,10H,3-6,9H2,1-2H3. The Morgan fingerprint density at radius 2 is 2.36 bits per heavy atom. The number of hydrogen-bond donors (Lipinski definition) is 2. The summed E-state index contributed by atoms with van der Waals surface area (Å²) in [4.78, 5) is 0. The number of nitrogens with two attached hydrogens (primary N) is 1. The molecule has 3 heteroatoms. The molecule has 1 aliphatic rings. The van der Waals surface area contributed by atoms with E-state index in [1.165, 1.54) is 0 Å². The predicted octanol–water partition coefficient (Wildman–Crippen LogP) is -0.0403. The fourth-order valence-corrected chi connectivity index (χ4v) is 1.20. The smallest absolute Gasteiger partial charge is 0.0762 e. The van der Waals surface area contributed by atoms with E-state index < -0.39 is 0 Å². The van der Waals surface area contributed by atoms with Crippen LogP contribution in [-0.2, 0) is 4.74 Å². The van der Waals surface area contributed by atoms with Crippen LogP contribution < -0.4 is 11.1 Å². The second-order valence-corrected chi connectivity index (χ2v) is 3.76. The average Bonchev–Trinajstić information content (AvgIpc) is 2.06. The minimum atomic E-state index is 0.105. The molecule has 1 unspecified atom stereocenters. The highest BCUT2D eigenvalue weighted by molar-refractivity contribution is 4.83. The van der Waals surface area contributed by atoms with Crippen molar-refractivity contribution in [1.82, 2.24) is 5.32 Å². The molecule has 3 N–H and O–H groups in total. The summed E-state index contributed by atoms with van der Waals surface area (Å²) in [6, 6.07) is 0. The van der Waals surface area contributed by atoms with Crippen molar-refractivity contribution < 1.29 is 4.74 Å². The van der Waals surface area contributed by atoms with Gasteiger partial charge in [-0.2, -0.15) is 0 Å². The first kappa shape index (κ1) is 8.97. The Labute approximate surface area is 68.3 Å². The molecule has 1 heterocycles. The van der Waals surface area contributed by atoms with E-state index in [1.807, 2.05) is 0 Å². The Kier molecular flexibility index (Phi) is 2.87. The van der Waals surface area contributed by atoms with Crippen LogP contribution in [0.2, 0.25) is 0 Å². The third-order valence-corrected chi connectivity index (χ3v) is 2.33. The summed E-state index contributed by atoms with van der Waals surface area (Å²) < 4.78 is 5.59. The molecule has 0 saturated carbocycles. The Bertz CT molecular complexity index is 119. The lowest BCUT2D eigenvalue weighted by atomic mass is 9.86. The van der Waals surface area contributed by atoms with Gasteiger partial charge in [-0.3, -0.25) is 0 Å². The SMILES string of the molecule is CC(C)(CN)C1CNCCO1. The van der Waals surface area contributed by atoms with Crippen molar-refractivity contribution in [3.05, 3.63) is 0 Å². The van der Waals surface area contributed by atoms with Gasteiger partial charge < -0.3 is 15.8 Å². The maximum Gasteiger partial charge on any atom is 0.0762 e. The second kappa shape index (κ2) is 3.52. The topological polar surface area (TPSA) is 47.3 Å². The molecule has 1 saturated heterocycles. The van der Waals surface area contributed by atoms with Gasteiger partial charge in [0, 0.05) is 18.5 Å². The number of rotatable bonds is 2. The lowest BCUT2D eigenvalue weighted by Crippen LogP contribution is -2.49. The fourth-order valence-electron chi connectivity index (χ4n) is 1.20. The van der Waals surface area contributed by atoms with E-state index in [1.54, 1.807) is 0 Å². The molecule has 0 bridgehead atoms. The molecule has 0 aliphatic carbocycles. The lowest BCUT2D eigenvalue weighted by molar-refractivity contribution is -0.0397. The largest absolute Gasteiger partial charge is 0.375 e. The van der Waals surface area contributed by atoms with Crippen molar-refractivity contribution >= 4 is 0 Å². The van der Waals surface area contributed by atoms with Gasteiger partial charge in [0.15, 0.2) is 0 Å². The molecule has 1 aliphatic heterocycles. The van der Waals surface area contributed by atoms with E-state index in [-0.39, 0.29) is 11.5 Å². The van der Waals surface area contributed by atoms with Gasteiger partial charge in [0.1, 0.15) is 0 Å². The first-order chi connectivity index (χ1) is 5.17. The van der Waals surface area contributed by atoms with E-state index in [9.17, 15) is 0 Å². The third kappa shape index (κ3) is 2.15. The summed E-state index contributed by atoms with van der Waals surface area (Å²) in [6.07, 6.45) is 0.279. The molecule has 0 aromatic rings. The number of hydrogen-bond acceptors (Lipinski definition) is 3. The highest BCUT2D eigenvalue weighted by atomic mass is 16.5. The van der Waals surface area contributed by atoms with E-state index >= 15 is 0 Å². The highest BCUT2D eigenvalue weighted by Crippen LogP contribution is 2.22. The molecule has 0 spiro atoms. The van der Waals surface area contributed by atoms with Gasteiger partial charge in [-0.25, -0.2) is 0 Å². The van der Waals surface area contributed by atoms with Crippen molar-refractivity contribution in [2.24, 2.45) is 11.1 Å². The van der Waals surface area contributed by atoms with E-state index in [0.29, 0.717) is 6.54 Å². The molecular formula is C8H18N2O. The van der Waals surface area contributed by atoms with E-state index in [2.05, 4.69) is 19.2 Å². The molecule has 0 aromatic heterocycles. The van der Waals surface area contributed by atoms with Crippen molar-refractivity contribution in [2.45, 2.75) is 20.0 Å². The lowest BCUT2D eigenvalue weighted by Gasteiger charge is -2.36. The van der Waals surface area contributed by atoms with Gasteiger partial charge in [0.2, 0.25) is 0 Å². The Balaban J connectivity index is 2.43. The molecule has 11 heavy (non-hydrogen) atoms. The molecular weight excluding hydrogens is 140 g/mol. The molecule has 0 aromatic carbocycles. The third-order valence-electron chi connectivity index (χ3n) is 2.33. The summed E-state index contributed by atoms with van der Waals surface area (Å²) in [7, 11) is 0. The summed E-state index contributed by atoms with van der Waals surface area (Å²) in [5.74, 6) is 0. The summed E-state index contributed by atoms with van der Waals surface area (Å²) in [5.41, 5.74) is 5.73. The molecule has 3 nitrogen and oxygen atoms in total. The average molecular weight is 158 g/mol. The van der Waals surface area contributed by atoms with Crippen LogP contribution in [0.15, 0.2) is 0 Å². The van der Waals surface area contributed by atoms with Crippen molar-refractivity contribution in [1.29, 1.82) is 0 Å². The molecule has 0 radical (unpaired) electrons. The normalized spacial score (nSPS) is 27.0. The molecule has 66 valence electrons. The minimum Gasteiger partial charge on any atom is -0.375 e. The van der Waals surface area contributed by atoms with Gasteiger partial charge >= 0.3 is 0 Å². The molecule has 1 rings (SSSR count). The fraction of sp³-hybridized carbons (Fsp3) is 1.00. The van der Waals surface area contributed by atoms with Crippen LogP contribution in [0.25, 0.3) is 0 Å². The van der Waals surface area contributed by atoms with Crippen LogP contribution in [0.5, 0.6) is 0 Å². The number of nitrogens with one attached hydrogen (secondary N) is 1. The molecule has 1 fully saturated rings. The highest BCUT2D eigenvalue weighted by Gasteiger charge is 2.30. The first-order valence-corrected chi connectivity index (χ1v) is 4.19. The van der Waals surface area contributed by atoms with Crippen molar-refractivity contribution in [3.8, 4) is 0 Å². The van der Waals surface area contributed by atoms with Gasteiger partial charge in [-0.15, -0.1) is 0 Å². The quantitative estimate of drug-likeness (QED) is 0.593. The van der Waals surface area contributed by atoms with Gasteiger partial charge in [-0.05, 0) is 6.54 Å². The van der Waals surface area contributed by atoms with Gasteiger partial charge in [0.05, 0.1) is 12.7 Å². The van der Waals surface area contributed by atoms with E-state index in [0.717, 1.165) is 19.7 Å². The van der Waals surface area contributed by atoms with E-state index in [4.69, 9.17) is 10.5 Å². The summed E-state index contributed by atoms with van der Waals surface area (Å²) in [6.45, 7) is 7.68. The maximum absolute atomic E-state index is 5.63. The molecule has 0 amide bonds. The van der Waals surface area contributed by atoms with Gasteiger partial charge in [0.25, 0.3) is 0 Å². The number of ether oxygens (including phenoxy) is 1. The van der Waals surface area contributed by atoms with Crippen LogP contribution in [0.1, 0.15) is 13.8 Å². The Morgan fingerprint density at radius 1 is 1.64 bits per heavy atom. The van der Waals surface area contributed by atoms with Crippen molar-refractivity contribution in [2.75, 3.05) is 26.2 Å². The monoisotopic (exact) mass is 158 g/mol. The Hall–Kier alpha value is -0.120. The summed E-state index contributed by atoms with van der Waals surface area (Å²) >= 11 is 0. The first-order valence-electron chi connectivity index (χ1n) is 4.19. The molecule has 1 atom stereocenters. The maximum atomic E-state index is 5.63. The minimum absolute atomic E-state index is 0.105. The van der Waals surface area contributed by atoms with Crippen LogP contribution in [0.4, 0.5) is 0 Å². The number of morpholine rings is 1. The van der Waals surface area contributed by atoms with Crippen LogP contribution in [0, 0.1) is 5.41 Å². The van der Waals surface area contributed by atoms with Crippen LogP contribution >= 0.6 is 0 Å². The Morgan fingerprint density at radius 3 is 2.82 bits per heavy atom. The van der Waals surface area contributed by atoms with Crippen molar-refractivity contribution in [3.63, 3.8) is 0 Å². The zero-order valence-electron chi connectivity index (χ0n) is 7.39. The van der Waals surface area contributed by atoms with Gasteiger partial charge in [-0.1, -0.05) is 13.8 Å². The second-order valence-electron chi connectivity index (χ2n) is 3.76. The summed E-state index contributed by atoms with van der Waals surface area (Å²) in [5, 5.41) is 3.29. The van der Waals surface area contributed by atoms with Crippen LogP contribution in [0.3, 0.4) is 0 Å². The zero-order chi connectivity index (χ0) is 8.32. The zero-order valence-corrected chi connectivity index (χ0v) is 7.39. The van der Waals surface area contributed by atoms with Crippen LogP contribution in [-0.4, -0.2) is 32.3 Å².